The Morgan fingerprint density at radius 3 is 2.48 bits per heavy atom. The molecule has 0 aliphatic carbocycles. The second kappa shape index (κ2) is 8.99. The lowest BCUT2D eigenvalue weighted by Gasteiger charge is -2.26. The molecule has 1 rings (SSSR count). The number of halogens is 1. The van der Waals surface area contributed by atoms with Crippen LogP contribution >= 0.6 is 11.6 Å². The highest BCUT2D eigenvalue weighted by atomic mass is 35.5. The van der Waals surface area contributed by atoms with Gasteiger partial charge in [-0.3, -0.25) is 4.79 Å². The van der Waals surface area contributed by atoms with Crippen LogP contribution in [0.5, 0.6) is 11.5 Å². The van der Waals surface area contributed by atoms with Crippen LogP contribution in [0.4, 0.5) is 0 Å². The molecule has 0 aliphatic rings. The zero-order chi connectivity index (χ0) is 17.5. The lowest BCUT2D eigenvalue weighted by atomic mass is 9.94. The number of benzene rings is 1. The number of hydrogen-bond donors (Lipinski definition) is 2. The van der Waals surface area contributed by atoms with Crippen LogP contribution in [0.25, 0.3) is 0 Å². The molecule has 1 amide bonds. The number of ether oxygens (including phenoxy) is 2. The van der Waals surface area contributed by atoms with Crippen LogP contribution in [0.1, 0.15) is 50.4 Å². The lowest BCUT2D eigenvalue weighted by Crippen LogP contribution is -2.49. The molecule has 0 heterocycles. The SMILES string of the molecule is CCCOc1c(Cl)cc(C(=O)NCC(N)(CC)CC)cc1OC. The highest BCUT2D eigenvalue weighted by Crippen LogP contribution is 2.36. The third-order valence-corrected chi connectivity index (χ3v) is 4.23. The monoisotopic (exact) mass is 342 g/mol. The Kier molecular flexibility index (Phi) is 7.65. The summed E-state index contributed by atoms with van der Waals surface area (Å²) < 4.78 is 10.9. The van der Waals surface area contributed by atoms with E-state index in [9.17, 15) is 4.79 Å². The van der Waals surface area contributed by atoms with Crippen molar-refractivity contribution >= 4 is 17.5 Å². The van der Waals surface area contributed by atoms with Crippen LogP contribution in [0.15, 0.2) is 12.1 Å². The van der Waals surface area contributed by atoms with Gasteiger partial charge < -0.3 is 20.5 Å². The molecule has 0 saturated carbocycles. The fourth-order valence-electron chi connectivity index (χ4n) is 2.05. The quantitative estimate of drug-likeness (QED) is 0.721. The summed E-state index contributed by atoms with van der Waals surface area (Å²) in [7, 11) is 1.52. The first-order valence-corrected chi connectivity index (χ1v) is 8.36. The Labute approximate surface area is 143 Å². The van der Waals surface area contributed by atoms with Gasteiger partial charge in [0.15, 0.2) is 11.5 Å². The minimum absolute atomic E-state index is 0.232. The Bertz CT molecular complexity index is 531. The molecule has 0 saturated heterocycles. The molecule has 6 heteroatoms. The number of nitrogens with two attached hydrogens (primary N) is 1. The minimum atomic E-state index is -0.395. The zero-order valence-electron chi connectivity index (χ0n) is 14.4. The average molecular weight is 343 g/mol. The van der Waals surface area contributed by atoms with E-state index in [-0.39, 0.29) is 5.91 Å². The molecule has 0 fully saturated rings. The van der Waals surface area contributed by atoms with E-state index in [1.807, 2.05) is 20.8 Å². The minimum Gasteiger partial charge on any atom is -0.493 e. The zero-order valence-corrected chi connectivity index (χ0v) is 15.1. The molecule has 0 radical (unpaired) electrons. The van der Waals surface area contributed by atoms with Crippen molar-refractivity contribution in [1.29, 1.82) is 0 Å². The van der Waals surface area contributed by atoms with E-state index in [1.165, 1.54) is 7.11 Å². The largest absolute Gasteiger partial charge is 0.493 e. The predicted octanol–water partition coefficient (Wildman–Crippen LogP) is 3.38. The van der Waals surface area contributed by atoms with Gasteiger partial charge in [0.25, 0.3) is 5.91 Å². The summed E-state index contributed by atoms with van der Waals surface area (Å²) >= 11 is 6.23. The van der Waals surface area contributed by atoms with Crippen molar-refractivity contribution in [3.05, 3.63) is 22.7 Å². The second-order valence-corrected chi connectivity index (χ2v) is 6.00. The van der Waals surface area contributed by atoms with E-state index >= 15 is 0 Å². The van der Waals surface area contributed by atoms with Gasteiger partial charge in [0.05, 0.1) is 18.7 Å². The highest BCUT2D eigenvalue weighted by Gasteiger charge is 2.22. The number of nitrogens with one attached hydrogen (secondary N) is 1. The molecule has 3 N–H and O–H groups in total. The number of methoxy groups -OCH3 is 1. The van der Waals surface area contributed by atoms with Crippen molar-refractivity contribution in [2.75, 3.05) is 20.3 Å². The summed E-state index contributed by atoms with van der Waals surface area (Å²) in [6.07, 6.45) is 2.43. The number of amides is 1. The van der Waals surface area contributed by atoms with Gasteiger partial charge in [0.1, 0.15) is 0 Å². The summed E-state index contributed by atoms with van der Waals surface area (Å²) in [5.74, 6) is 0.674. The van der Waals surface area contributed by atoms with E-state index in [4.69, 9.17) is 26.8 Å². The molecular formula is C17H27ClN2O3. The standard InChI is InChI=1S/C17H27ClN2O3/c1-5-8-23-15-13(18)9-12(10-14(15)22-4)16(21)20-11-17(19,6-2)7-3/h9-10H,5-8,11,19H2,1-4H3,(H,20,21). The normalized spacial score (nSPS) is 11.2. The molecule has 5 nitrogen and oxygen atoms in total. The van der Waals surface area contributed by atoms with Crippen molar-refractivity contribution < 1.29 is 14.3 Å². The van der Waals surface area contributed by atoms with E-state index in [1.54, 1.807) is 12.1 Å². The molecule has 0 aromatic heterocycles. The summed E-state index contributed by atoms with van der Waals surface area (Å²) in [5, 5.41) is 3.22. The molecule has 1 aromatic carbocycles. The molecule has 0 bridgehead atoms. The molecule has 1 aromatic rings. The van der Waals surface area contributed by atoms with Crippen LogP contribution in [-0.4, -0.2) is 31.7 Å². The van der Waals surface area contributed by atoms with Crippen molar-refractivity contribution in [3.8, 4) is 11.5 Å². The van der Waals surface area contributed by atoms with E-state index in [0.717, 1.165) is 19.3 Å². The van der Waals surface area contributed by atoms with Gasteiger partial charge in [0, 0.05) is 17.6 Å². The Morgan fingerprint density at radius 2 is 1.96 bits per heavy atom. The highest BCUT2D eigenvalue weighted by molar-refractivity contribution is 6.32. The maximum Gasteiger partial charge on any atom is 0.251 e. The van der Waals surface area contributed by atoms with Crippen molar-refractivity contribution in [1.82, 2.24) is 5.32 Å². The Hall–Kier alpha value is -1.46. The smallest absolute Gasteiger partial charge is 0.251 e. The summed E-state index contributed by atoms with van der Waals surface area (Å²) in [6, 6.07) is 3.21. The fourth-order valence-corrected chi connectivity index (χ4v) is 2.32. The first kappa shape index (κ1) is 19.6. The van der Waals surface area contributed by atoms with Crippen molar-refractivity contribution in [3.63, 3.8) is 0 Å². The van der Waals surface area contributed by atoms with Crippen molar-refractivity contribution in [2.24, 2.45) is 5.73 Å². The van der Waals surface area contributed by atoms with Gasteiger partial charge in [-0.15, -0.1) is 0 Å². The molecule has 0 aliphatic heterocycles. The summed E-state index contributed by atoms with van der Waals surface area (Å²) in [4.78, 5) is 12.3. The predicted molar refractivity (Wildman–Crippen MR) is 93.6 cm³/mol. The Morgan fingerprint density at radius 1 is 1.30 bits per heavy atom. The van der Waals surface area contributed by atoms with Gasteiger partial charge in [-0.25, -0.2) is 0 Å². The number of hydrogen-bond acceptors (Lipinski definition) is 4. The third kappa shape index (κ3) is 5.29. The molecule has 0 spiro atoms. The molecule has 0 unspecified atom stereocenters. The maximum absolute atomic E-state index is 12.3. The topological polar surface area (TPSA) is 73.6 Å². The van der Waals surface area contributed by atoms with Crippen LogP contribution in [-0.2, 0) is 0 Å². The average Bonchev–Trinajstić information content (AvgIpc) is 2.57. The van der Waals surface area contributed by atoms with Crippen LogP contribution < -0.4 is 20.5 Å². The summed E-state index contributed by atoms with van der Waals surface area (Å²) in [6.45, 7) is 6.96. The Balaban J connectivity index is 2.91. The molecule has 130 valence electrons. The maximum atomic E-state index is 12.3. The van der Waals surface area contributed by atoms with Gasteiger partial charge in [0.2, 0.25) is 0 Å². The molecular weight excluding hydrogens is 316 g/mol. The van der Waals surface area contributed by atoms with Gasteiger partial charge in [-0.2, -0.15) is 0 Å². The van der Waals surface area contributed by atoms with E-state index in [2.05, 4.69) is 5.32 Å². The third-order valence-electron chi connectivity index (χ3n) is 3.95. The first-order chi connectivity index (χ1) is 10.9. The van der Waals surface area contributed by atoms with Crippen LogP contribution in [0.3, 0.4) is 0 Å². The van der Waals surface area contributed by atoms with Crippen LogP contribution in [0.2, 0.25) is 5.02 Å². The lowest BCUT2D eigenvalue weighted by molar-refractivity contribution is 0.0941. The summed E-state index contributed by atoms with van der Waals surface area (Å²) in [5.41, 5.74) is 6.23. The number of carbonyl (C=O) groups is 1. The molecule has 23 heavy (non-hydrogen) atoms. The van der Waals surface area contributed by atoms with E-state index in [0.29, 0.717) is 35.2 Å². The van der Waals surface area contributed by atoms with E-state index < -0.39 is 5.54 Å². The number of carbonyl (C=O) groups excluding carboxylic acids is 1. The van der Waals surface area contributed by atoms with Gasteiger partial charge in [-0.1, -0.05) is 32.4 Å². The molecule has 0 atom stereocenters. The van der Waals surface area contributed by atoms with Gasteiger partial charge >= 0.3 is 0 Å². The number of rotatable bonds is 9. The first-order valence-electron chi connectivity index (χ1n) is 7.98. The van der Waals surface area contributed by atoms with Crippen molar-refractivity contribution in [2.45, 2.75) is 45.6 Å². The second-order valence-electron chi connectivity index (χ2n) is 5.59. The van der Waals surface area contributed by atoms with Gasteiger partial charge in [-0.05, 0) is 31.4 Å². The fraction of sp³-hybridized carbons (Fsp3) is 0.588. The van der Waals surface area contributed by atoms with Crippen LogP contribution in [0, 0.1) is 0 Å².